The average molecular weight is 811 g/mol. The number of hydrogen-bond acceptors (Lipinski definition) is 9. The summed E-state index contributed by atoms with van der Waals surface area (Å²) in [4.78, 5) is 50.4. The van der Waals surface area contributed by atoms with E-state index in [9.17, 15) is 19.8 Å². The van der Waals surface area contributed by atoms with E-state index in [1.54, 1.807) is 67.9 Å². The minimum Gasteiger partial charge on any atom is -0.508 e. The summed E-state index contributed by atoms with van der Waals surface area (Å²) in [5, 5.41) is 22.7. The molecule has 1 saturated carbocycles. The topological polar surface area (TPSA) is 135 Å². The number of phenolic OH excluding ortho intramolecular Hbond substituents is 2. The number of fused-ring (bicyclic) bond motifs is 2. The molecule has 3 aliphatic heterocycles. The molecular formula is C50H54N2O8. The highest BCUT2D eigenvalue weighted by Crippen LogP contribution is 2.68. The number of aromatic nitrogens is 1. The first-order valence-corrected chi connectivity index (χ1v) is 20.9. The van der Waals surface area contributed by atoms with Gasteiger partial charge in [0, 0.05) is 46.7 Å². The van der Waals surface area contributed by atoms with Crippen LogP contribution in [-0.4, -0.2) is 55.1 Å². The average Bonchev–Trinajstić information content (AvgIpc) is 3.36. The predicted octanol–water partition coefficient (Wildman–Crippen LogP) is 9.49. The van der Waals surface area contributed by atoms with Crippen molar-refractivity contribution in [3.8, 4) is 23.0 Å². The molecule has 1 saturated heterocycles. The highest BCUT2D eigenvalue weighted by atomic mass is 16.6. The summed E-state index contributed by atoms with van der Waals surface area (Å²) in [5.74, 6) is -1.56. The second-order valence-corrected chi connectivity index (χ2v) is 18.2. The number of ether oxygens (including phenoxy) is 3. The van der Waals surface area contributed by atoms with Gasteiger partial charge < -0.3 is 29.3 Å². The van der Waals surface area contributed by atoms with Gasteiger partial charge in [-0.2, -0.15) is 0 Å². The summed E-state index contributed by atoms with van der Waals surface area (Å²) in [6, 6.07) is 10.4. The van der Waals surface area contributed by atoms with Crippen LogP contribution >= 0.6 is 0 Å². The highest BCUT2D eigenvalue weighted by molar-refractivity contribution is 6.19. The van der Waals surface area contributed by atoms with Crippen molar-refractivity contribution in [2.75, 3.05) is 4.90 Å². The molecule has 1 spiro atoms. The normalized spacial score (nSPS) is 26.5. The van der Waals surface area contributed by atoms with Crippen LogP contribution in [0, 0.1) is 11.8 Å². The SMILES string of the molecule is CC(C)=CCCC1(C)C=Cc2c(O)c3c(c(CC=C(C)C)c2O1)OC12C(=CC4CC1C(C)(C)OC2(CC=C(C)C(=O)N(Cc1ccccc1O)c1cccnc1)C4=O)C3=O. The third-order valence-corrected chi connectivity index (χ3v) is 13.0. The Kier molecular flexibility index (Phi) is 10.1. The fourth-order valence-corrected chi connectivity index (χ4v) is 9.99. The molecule has 1 amide bonds. The number of hydrogen-bond donors (Lipinski definition) is 2. The summed E-state index contributed by atoms with van der Waals surface area (Å²) >= 11 is 0. The van der Waals surface area contributed by atoms with Crippen LogP contribution in [0.2, 0.25) is 0 Å². The third-order valence-electron chi connectivity index (χ3n) is 13.0. The number of allylic oxidation sites excluding steroid dienone is 5. The van der Waals surface area contributed by atoms with Gasteiger partial charge in [0.05, 0.1) is 29.6 Å². The number of carbonyl (C=O) groups is 3. The van der Waals surface area contributed by atoms with Gasteiger partial charge in [0.2, 0.25) is 0 Å². The first-order valence-electron chi connectivity index (χ1n) is 20.9. The van der Waals surface area contributed by atoms with Gasteiger partial charge >= 0.3 is 0 Å². The van der Waals surface area contributed by atoms with Crippen LogP contribution in [0.3, 0.4) is 0 Å². The molecule has 312 valence electrons. The molecule has 5 atom stereocenters. The zero-order valence-corrected chi connectivity index (χ0v) is 35.7. The lowest BCUT2D eigenvalue weighted by Crippen LogP contribution is -2.72. The molecule has 6 aliphatic rings. The number of Topliss-reactive ketones (excluding diaryl/α,β-unsaturated/α-hetero) is 2. The van der Waals surface area contributed by atoms with E-state index in [4.69, 9.17) is 14.2 Å². The molecule has 3 aliphatic carbocycles. The lowest BCUT2D eigenvalue weighted by atomic mass is 9.51. The lowest BCUT2D eigenvalue weighted by Gasteiger charge is -2.56. The Morgan fingerprint density at radius 3 is 2.40 bits per heavy atom. The molecule has 2 aromatic carbocycles. The summed E-state index contributed by atoms with van der Waals surface area (Å²) in [6.45, 7) is 15.7. The second-order valence-electron chi connectivity index (χ2n) is 18.2. The number of anilines is 1. The van der Waals surface area contributed by atoms with Crippen molar-refractivity contribution in [1.29, 1.82) is 0 Å². The number of rotatable bonds is 11. The summed E-state index contributed by atoms with van der Waals surface area (Å²) in [7, 11) is 0. The lowest BCUT2D eigenvalue weighted by molar-refractivity contribution is -0.171. The molecule has 9 rings (SSSR count). The number of pyridine rings is 1. The van der Waals surface area contributed by atoms with E-state index in [1.165, 1.54) is 10.5 Å². The maximum absolute atomic E-state index is 15.2. The molecule has 2 fully saturated rings. The first kappa shape index (κ1) is 41.0. The van der Waals surface area contributed by atoms with E-state index in [0.717, 1.165) is 12.0 Å². The van der Waals surface area contributed by atoms with E-state index in [2.05, 4.69) is 24.9 Å². The van der Waals surface area contributed by atoms with Crippen LogP contribution in [0.15, 0.2) is 101 Å². The molecule has 2 N–H and O–H groups in total. The van der Waals surface area contributed by atoms with Crippen molar-refractivity contribution >= 4 is 29.2 Å². The van der Waals surface area contributed by atoms with Gasteiger partial charge in [0.1, 0.15) is 34.2 Å². The van der Waals surface area contributed by atoms with Gasteiger partial charge in [-0.1, -0.05) is 53.6 Å². The molecule has 60 heavy (non-hydrogen) atoms. The molecule has 1 aromatic heterocycles. The van der Waals surface area contributed by atoms with Crippen LogP contribution < -0.4 is 14.4 Å². The summed E-state index contributed by atoms with van der Waals surface area (Å²) < 4.78 is 21.2. The Morgan fingerprint density at radius 1 is 0.950 bits per heavy atom. The van der Waals surface area contributed by atoms with E-state index >= 15 is 4.79 Å². The molecular weight excluding hydrogens is 757 g/mol. The number of amides is 1. The monoisotopic (exact) mass is 810 g/mol. The maximum Gasteiger partial charge on any atom is 0.253 e. The van der Waals surface area contributed by atoms with Crippen molar-refractivity contribution in [3.05, 3.63) is 124 Å². The molecule has 5 unspecified atom stereocenters. The van der Waals surface area contributed by atoms with Crippen LogP contribution in [-0.2, 0) is 27.3 Å². The minimum atomic E-state index is -1.68. The Labute approximate surface area is 352 Å². The molecule has 3 aromatic rings. The van der Waals surface area contributed by atoms with Crippen molar-refractivity contribution in [3.63, 3.8) is 0 Å². The van der Waals surface area contributed by atoms with Crippen LogP contribution in [0.25, 0.3) is 6.08 Å². The smallest absolute Gasteiger partial charge is 0.253 e. The molecule has 4 bridgehead atoms. The van der Waals surface area contributed by atoms with Gasteiger partial charge in [-0.25, -0.2) is 0 Å². The standard InChI is InChI=1S/C50H54N2O8/c1-29(2)13-11-21-48(8)22-20-35-41(54)40-42(55)37-25-33-26-39-47(6,7)60-49(45(33)56,50(37,39)59-44(40)36(43(35)58-48)18-17-30(3)4)23-19-31(5)46(57)52(34-15-12-24-51-27-34)28-32-14-9-10-16-38(32)53/h9-10,12-17,19-20,22,24-25,27,33,39,53-54H,11,18,21,23,26,28H2,1-8H3. The number of aromatic hydroxyl groups is 2. The van der Waals surface area contributed by atoms with Gasteiger partial charge in [-0.05, 0) is 111 Å². The maximum atomic E-state index is 15.2. The molecule has 10 nitrogen and oxygen atoms in total. The van der Waals surface area contributed by atoms with Crippen LogP contribution in [0.4, 0.5) is 5.69 Å². The second kappa shape index (κ2) is 14.8. The largest absolute Gasteiger partial charge is 0.508 e. The fraction of sp³-hybridized carbons (Fsp3) is 0.400. The van der Waals surface area contributed by atoms with Gasteiger partial charge in [0.15, 0.2) is 22.8 Å². The fourth-order valence-electron chi connectivity index (χ4n) is 9.99. The number of phenols is 2. The summed E-state index contributed by atoms with van der Waals surface area (Å²) in [5.41, 5.74) is 0.179. The number of nitrogens with zero attached hydrogens (tertiary/aromatic N) is 2. The zero-order chi connectivity index (χ0) is 42.9. The van der Waals surface area contributed by atoms with Crippen LogP contribution in [0.5, 0.6) is 23.0 Å². The van der Waals surface area contributed by atoms with Crippen molar-refractivity contribution in [2.45, 2.75) is 116 Å². The van der Waals surface area contributed by atoms with Crippen molar-refractivity contribution in [1.82, 2.24) is 4.98 Å². The van der Waals surface area contributed by atoms with Gasteiger partial charge in [-0.15, -0.1) is 0 Å². The van der Waals surface area contributed by atoms with E-state index < -0.39 is 40.0 Å². The van der Waals surface area contributed by atoms with Crippen molar-refractivity contribution in [2.24, 2.45) is 11.8 Å². The Bertz CT molecular complexity index is 2470. The number of para-hydroxylation sites is 1. The van der Waals surface area contributed by atoms with Gasteiger partial charge in [0.25, 0.3) is 5.91 Å². The Morgan fingerprint density at radius 2 is 1.70 bits per heavy atom. The van der Waals surface area contributed by atoms with E-state index in [1.807, 2.05) is 52.8 Å². The highest BCUT2D eigenvalue weighted by Gasteiger charge is 2.81. The molecule has 10 heteroatoms. The first-order chi connectivity index (χ1) is 28.4. The zero-order valence-electron chi connectivity index (χ0n) is 35.7. The van der Waals surface area contributed by atoms with E-state index in [0.29, 0.717) is 58.5 Å². The number of ketones is 2. The third kappa shape index (κ3) is 6.42. The molecule has 0 radical (unpaired) electrons. The predicted molar refractivity (Wildman–Crippen MR) is 230 cm³/mol. The van der Waals surface area contributed by atoms with Crippen LogP contribution in [0.1, 0.15) is 108 Å². The Balaban J connectivity index is 1.25. The summed E-state index contributed by atoms with van der Waals surface area (Å²) in [6.07, 6.45) is 16.8. The Hall–Kier alpha value is -5.74. The number of benzene rings is 2. The molecule has 4 heterocycles. The quantitative estimate of drug-likeness (QED) is 0.143. The van der Waals surface area contributed by atoms with Crippen molar-refractivity contribution < 1.29 is 38.8 Å². The number of carbonyl (C=O) groups excluding carboxylic acids is 3. The van der Waals surface area contributed by atoms with Gasteiger partial charge in [-0.3, -0.25) is 19.4 Å². The minimum absolute atomic E-state index is 0.0507. The van der Waals surface area contributed by atoms with E-state index in [-0.39, 0.29) is 47.5 Å².